The number of benzene rings is 1. The highest BCUT2D eigenvalue weighted by Gasteiger charge is 2.21. The zero-order chi connectivity index (χ0) is 13.7. The zero-order valence-corrected chi connectivity index (χ0v) is 12.3. The van der Waals surface area contributed by atoms with E-state index in [4.69, 9.17) is 5.73 Å². The normalized spacial score (nSPS) is 12.1. The molecule has 0 aromatic heterocycles. The van der Waals surface area contributed by atoms with Crippen molar-refractivity contribution >= 4 is 29.3 Å². The molecular formula is C13H17NO2S2. The van der Waals surface area contributed by atoms with Crippen molar-refractivity contribution in [1.29, 1.82) is 0 Å². The van der Waals surface area contributed by atoms with E-state index in [1.807, 2.05) is 31.6 Å². The first kappa shape index (κ1) is 15.3. The standard InChI is InChI=1S/C13H17NO2S2/c1-8-5-4-6-9(7-8)11(15)10(12(14)16)13(17-2)18-3/h4-7,12,16H,14H2,1-3H3/t12-/m0/s1. The van der Waals surface area contributed by atoms with Gasteiger partial charge in [0, 0.05) is 5.56 Å². The van der Waals surface area contributed by atoms with Gasteiger partial charge >= 0.3 is 0 Å². The van der Waals surface area contributed by atoms with E-state index in [1.54, 1.807) is 12.1 Å². The van der Waals surface area contributed by atoms with Crippen LogP contribution < -0.4 is 5.73 Å². The third kappa shape index (κ3) is 3.62. The second-order valence-corrected chi connectivity index (χ2v) is 5.64. The number of aryl methyl sites for hydroxylation is 1. The van der Waals surface area contributed by atoms with Crippen LogP contribution in [-0.4, -0.2) is 29.6 Å². The molecule has 0 fully saturated rings. The molecule has 98 valence electrons. The van der Waals surface area contributed by atoms with Gasteiger partial charge in [-0.2, -0.15) is 0 Å². The van der Waals surface area contributed by atoms with E-state index in [-0.39, 0.29) is 11.4 Å². The highest BCUT2D eigenvalue weighted by Crippen LogP contribution is 2.30. The molecule has 18 heavy (non-hydrogen) atoms. The van der Waals surface area contributed by atoms with Gasteiger partial charge in [0.25, 0.3) is 0 Å². The summed E-state index contributed by atoms with van der Waals surface area (Å²) in [5, 5.41) is 9.62. The number of Topliss-reactive ketones (excluding diaryl/α,β-unsaturated/α-hetero) is 1. The third-order valence-electron chi connectivity index (χ3n) is 2.41. The van der Waals surface area contributed by atoms with Crippen LogP contribution in [0, 0.1) is 6.92 Å². The lowest BCUT2D eigenvalue weighted by Gasteiger charge is -2.14. The van der Waals surface area contributed by atoms with Crippen molar-refractivity contribution in [3.05, 3.63) is 45.2 Å². The van der Waals surface area contributed by atoms with E-state index in [0.717, 1.165) is 9.80 Å². The maximum Gasteiger partial charge on any atom is 0.194 e. The van der Waals surface area contributed by atoms with E-state index < -0.39 is 6.23 Å². The average molecular weight is 283 g/mol. The zero-order valence-electron chi connectivity index (χ0n) is 10.6. The number of ketones is 1. The quantitative estimate of drug-likeness (QED) is 0.493. The Balaban J connectivity index is 3.24. The van der Waals surface area contributed by atoms with E-state index in [1.165, 1.54) is 23.5 Å². The minimum Gasteiger partial charge on any atom is -0.374 e. The first-order chi connectivity index (χ1) is 8.51. The first-order valence-corrected chi connectivity index (χ1v) is 7.83. The minimum absolute atomic E-state index is 0.215. The number of hydrogen-bond acceptors (Lipinski definition) is 5. The van der Waals surface area contributed by atoms with Gasteiger partial charge in [-0.25, -0.2) is 0 Å². The molecule has 0 bridgehead atoms. The van der Waals surface area contributed by atoms with Gasteiger partial charge in [-0.3, -0.25) is 4.79 Å². The Morgan fingerprint density at radius 2 is 1.94 bits per heavy atom. The predicted octanol–water partition coefficient (Wildman–Crippen LogP) is 2.39. The largest absolute Gasteiger partial charge is 0.374 e. The Labute approximate surface area is 116 Å². The van der Waals surface area contributed by atoms with Crippen molar-refractivity contribution in [2.24, 2.45) is 5.73 Å². The molecule has 5 heteroatoms. The highest BCUT2D eigenvalue weighted by atomic mass is 32.2. The summed E-state index contributed by atoms with van der Waals surface area (Å²) in [5.74, 6) is -0.215. The number of aliphatic hydroxyl groups is 1. The summed E-state index contributed by atoms with van der Waals surface area (Å²) in [6.07, 6.45) is 2.46. The average Bonchev–Trinajstić information content (AvgIpc) is 2.34. The molecule has 1 rings (SSSR count). The summed E-state index contributed by atoms with van der Waals surface area (Å²) in [7, 11) is 0. The second kappa shape index (κ2) is 6.99. The molecule has 0 spiro atoms. The topological polar surface area (TPSA) is 63.3 Å². The minimum atomic E-state index is -1.26. The number of thioether (sulfide) groups is 2. The highest BCUT2D eigenvalue weighted by molar-refractivity contribution is 8.21. The first-order valence-electron chi connectivity index (χ1n) is 5.38. The fourth-order valence-corrected chi connectivity index (χ4v) is 3.13. The molecule has 0 radical (unpaired) electrons. The van der Waals surface area contributed by atoms with Gasteiger partial charge in [-0.1, -0.05) is 23.8 Å². The van der Waals surface area contributed by atoms with Crippen molar-refractivity contribution in [2.75, 3.05) is 12.5 Å². The Bertz CT molecular complexity index is 464. The molecule has 0 amide bonds. The monoisotopic (exact) mass is 283 g/mol. The summed E-state index contributed by atoms with van der Waals surface area (Å²) in [6.45, 7) is 1.92. The fourth-order valence-electron chi connectivity index (χ4n) is 1.59. The SMILES string of the molecule is CSC(SC)=C(C(=O)c1cccc(C)c1)[C@@H](N)O. The Morgan fingerprint density at radius 3 is 2.39 bits per heavy atom. The lowest BCUT2D eigenvalue weighted by molar-refractivity contribution is 0.0990. The van der Waals surface area contributed by atoms with E-state index in [2.05, 4.69) is 0 Å². The second-order valence-electron chi connectivity index (χ2n) is 3.75. The van der Waals surface area contributed by atoms with Gasteiger partial charge < -0.3 is 10.8 Å². The van der Waals surface area contributed by atoms with Crippen molar-refractivity contribution in [2.45, 2.75) is 13.2 Å². The van der Waals surface area contributed by atoms with Crippen molar-refractivity contribution < 1.29 is 9.90 Å². The van der Waals surface area contributed by atoms with Crippen LogP contribution in [0.1, 0.15) is 15.9 Å². The van der Waals surface area contributed by atoms with Crippen LogP contribution >= 0.6 is 23.5 Å². The summed E-state index contributed by atoms with van der Waals surface area (Å²) < 4.78 is 0.747. The summed E-state index contributed by atoms with van der Waals surface area (Å²) in [6, 6.07) is 7.27. The van der Waals surface area contributed by atoms with Gasteiger partial charge in [0.05, 0.1) is 9.81 Å². The van der Waals surface area contributed by atoms with E-state index in [9.17, 15) is 9.90 Å². The van der Waals surface area contributed by atoms with Crippen LogP contribution in [0.25, 0.3) is 0 Å². The number of carbonyl (C=O) groups is 1. The molecule has 0 saturated carbocycles. The van der Waals surface area contributed by atoms with Crippen LogP contribution in [-0.2, 0) is 0 Å². The maximum absolute atomic E-state index is 12.4. The van der Waals surface area contributed by atoms with Gasteiger partial charge in [0.1, 0.15) is 6.23 Å². The number of nitrogens with two attached hydrogens (primary N) is 1. The van der Waals surface area contributed by atoms with Crippen LogP contribution in [0.2, 0.25) is 0 Å². The van der Waals surface area contributed by atoms with Crippen LogP contribution in [0.4, 0.5) is 0 Å². The Kier molecular flexibility index (Phi) is 5.95. The Morgan fingerprint density at radius 1 is 1.33 bits per heavy atom. The summed E-state index contributed by atoms with van der Waals surface area (Å²) >= 11 is 2.83. The molecule has 0 saturated heterocycles. The van der Waals surface area contributed by atoms with E-state index in [0.29, 0.717) is 5.56 Å². The van der Waals surface area contributed by atoms with Crippen LogP contribution in [0.3, 0.4) is 0 Å². The van der Waals surface area contributed by atoms with Gasteiger partial charge in [-0.15, -0.1) is 23.5 Å². The molecule has 1 aromatic carbocycles. The van der Waals surface area contributed by atoms with Gasteiger partial charge in [-0.05, 0) is 25.5 Å². The summed E-state index contributed by atoms with van der Waals surface area (Å²) in [5.41, 5.74) is 7.33. The summed E-state index contributed by atoms with van der Waals surface area (Å²) in [4.78, 5) is 12.4. The van der Waals surface area contributed by atoms with Crippen molar-refractivity contribution in [3.8, 4) is 0 Å². The molecule has 0 unspecified atom stereocenters. The lowest BCUT2D eigenvalue weighted by Crippen LogP contribution is -2.27. The number of carbonyl (C=O) groups excluding carboxylic acids is 1. The lowest BCUT2D eigenvalue weighted by atomic mass is 10.0. The molecule has 0 aliphatic heterocycles. The predicted molar refractivity (Wildman–Crippen MR) is 79.8 cm³/mol. The molecule has 3 N–H and O–H groups in total. The molecule has 3 nitrogen and oxygen atoms in total. The number of aliphatic hydroxyl groups excluding tert-OH is 1. The van der Waals surface area contributed by atoms with E-state index >= 15 is 0 Å². The molecule has 1 atom stereocenters. The molecule has 0 aliphatic carbocycles. The van der Waals surface area contributed by atoms with Crippen molar-refractivity contribution in [3.63, 3.8) is 0 Å². The molecule has 0 aliphatic rings. The fraction of sp³-hybridized carbons (Fsp3) is 0.308. The van der Waals surface area contributed by atoms with Crippen LogP contribution in [0.5, 0.6) is 0 Å². The van der Waals surface area contributed by atoms with Gasteiger partial charge in [0.2, 0.25) is 0 Å². The van der Waals surface area contributed by atoms with Crippen molar-refractivity contribution in [1.82, 2.24) is 0 Å². The van der Waals surface area contributed by atoms with Crippen LogP contribution in [0.15, 0.2) is 34.1 Å². The maximum atomic E-state index is 12.4. The molecule has 0 heterocycles. The number of hydrogen-bond donors (Lipinski definition) is 2. The smallest absolute Gasteiger partial charge is 0.194 e. The number of rotatable bonds is 5. The molecule has 1 aromatic rings. The Hall–Kier alpha value is -0.750. The molecular weight excluding hydrogens is 266 g/mol. The third-order valence-corrected chi connectivity index (χ3v) is 4.59. The van der Waals surface area contributed by atoms with Gasteiger partial charge in [0.15, 0.2) is 5.78 Å².